The van der Waals surface area contributed by atoms with Crippen molar-refractivity contribution in [2.45, 2.75) is 51.2 Å². The van der Waals surface area contributed by atoms with Crippen LogP contribution < -0.4 is 10.1 Å². The first-order chi connectivity index (χ1) is 11.9. The van der Waals surface area contributed by atoms with Gasteiger partial charge in [-0.15, -0.1) is 0 Å². The zero-order valence-corrected chi connectivity index (χ0v) is 15.2. The van der Waals surface area contributed by atoms with E-state index in [1.165, 1.54) is 23.3 Å². The third kappa shape index (κ3) is 4.12. The van der Waals surface area contributed by atoms with Crippen LogP contribution in [0.5, 0.6) is 5.75 Å². The Balaban J connectivity index is 1.52. The van der Waals surface area contributed by atoms with Crippen molar-refractivity contribution in [1.82, 2.24) is 15.1 Å². The second-order valence-electron chi connectivity index (χ2n) is 7.42. The van der Waals surface area contributed by atoms with Crippen LogP contribution in [-0.4, -0.2) is 53.5 Å². The number of amides is 3. The molecular formula is C19H27N3O3. The Bertz CT molecular complexity index is 638. The van der Waals surface area contributed by atoms with Gasteiger partial charge in [0.05, 0.1) is 7.11 Å². The number of imide groups is 1. The molecule has 2 aliphatic rings. The molecule has 1 heterocycles. The van der Waals surface area contributed by atoms with Gasteiger partial charge in [-0.2, -0.15) is 0 Å². The number of carbonyl (C=O) groups excluding carboxylic acids is 2. The topological polar surface area (TPSA) is 61.9 Å². The van der Waals surface area contributed by atoms with Crippen LogP contribution in [0, 0.1) is 0 Å². The lowest BCUT2D eigenvalue weighted by molar-refractivity contribution is -0.130. The fourth-order valence-electron chi connectivity index (χ4n) is 3.25. The van der Waals surface area contributed by atoms with Gasteiger partial charge in [-0.05, 0) is 50.8 Å². The van der Waals surface area contributed by atoms with Crippen molar-refractivity contribution in [2.75, 3.05) is 20.2 Å². The zero-order valence-electron chi connectivity index (χ0n) is 15.2. The number of methoxy groups -OCH3 is 1. The minimum atomic E-state index is -0.781. The number of nitrogens with one attached hydrogen (secondary N) is 1. The van der Waals surface area contributed by atoms with Crippen molar-refractivity contribution in [3.63, 3.8) is 0 Å². The monoisotopic (exact) mass is 345 g/mol. The Kier molecular flexibility index (Phi) is 4.99. The standard InChI is InChI=1S/C19H27N3O3/c1-19(2)17(23)22(18(24)20-19)12-4-11-21(15-7-8-15)13-14-5-9-16(25-3)10-6-14/h5-6,9-10,15H,4,7-8,11-13H2,1-3H3,(H,20,24). The molecule has 0 radical (unpaired) electrons. The van der Waals surface area contributed by atoms with E-state index in [2.05, 4.69) is 22.3 Å². The van der Waals surface area contributed by atoms with Crippen molar-refractivity contribution >= 4 is 11.9 Å². The van der Waals surface area contributed by atoms with Gasteiger partial charge in [-0.3, -0.25) is 14.6 Å². The molecule has 3 rings (SSSR count). The van der Waals surface area contributed by atoms with Gasteiger partial charge in [-0.25, -0.2) is 4.79 Å². The highest BCUT2D eigenvalue weighted by molar-refractivity contribution is 6.06. The molecule has 1 aliphatic heterocycles. The summed E-state index contributed by atoms with van der Waals surface area (Å²) in [5.74, 6) is 0.730. The third-order valence-electron chi connectivity index (χ3n) is 4.88. The van der Waals surface area contributed by atoms with E-state index in [1.807, 2.05) is 12.1 Å². The van der Waals surface area contributed by atoms with Gasteiger partial charge >= 0.3 is 6.03 Å². The number of hydrogen-bond acceptors (Lipinski definition) is 4. The van der Waals surface area contributed by atoms with E-state index in [4.69, 9.17) is 4.74 Å². The van der Waals surface area contributed by atoms with E-state index in [0.717, 1.165) is 25.3 Å². The maximum absolute atomic E-state index is 12.2. The molecule has 1 saturated carbocycles. The number of nitrogens with zero attached hydrogens (tertiary/aromatic N) is 2. The van der Waals surface area contributed by atoms with Crippen molar-refractivity contribution in [3.8, 4) is 5.75 Å². The molecule has 1 N–H and O–H groups in total. The lowest BCUT2D eigenvalue weighted by Crippen LogP contribution is -2.40. The molecule has 1 aliphatic carbocycles. The highest BCUT2D eigenvalue weighted by atomic mass is 16.5. The number of ether oxygens (including phenoxy) is 1. The predicted molar refractivity (Wildman–Crippen MR) is 95.4 cm³/mol. The van der Waals surface area contributed by atoms with Gasteiger partial charge in [0.1, 0.15) is 11.3 Å². The van der Waals surface area contributed by atoms with Crippen molar-refractivity contribution in [3.05, 3.63) is 29.8 Å². The Hall–Kier alpha value is -2.08. The molecular weight excluding hydrogens is 318 g/mol. The highest BCUT2D eigenvalue weighted by Gasteiger charge is 2.43. The molecule has 0 bridgehead atoms. The van der Waals surface area contributed by atoms with Gasteiger partial charge in [0, 0.05) is 25.7 Å². The Morgan fingerprint density at radius 1 is 1.24 bits per heavy atom. The minimum Gasteiger partial charge on any atom is -0.497 e. The molecule has 3 amide bonds. The van der Waals surface area contributed by atoms with Crippen LogP contribution in [0.1, 0.15) is 38.7 Å². The van der Waals surface area contributed by atoms with Gasteiger partial charge in [0.15, 0.2) is 0 Å². The first kappa shape index (κ1) is 17.7. The summed E-state index contributed by atoms with van der Waals surface area (Å²) in [6, 6.07) is 8.50. The summed E-state index contributed by atoms with van der Waals surface area (Å²) in [7, 11) is 1.67. The fourth-order valence-corrected chi connectivity index (χ4v) is 3.25. The molecule has 1 saturated heterocycles. The van der Waals surface area contributed by atoms with Gasteiger partial charge in [0.2, 0.25) is 0 Å². The summed E-state index contributed by atoms with van der Waals surface area (Å²) >= 11 is 0. The number of urea groups is 1. The summed E-state index contributed by atoms with van der Waals surface area (Å²) in [6.45, 7) is 5.73. The maximum atomic E-state index is 12.2. The van der Waals surface area contributed by atoms with E-state index in [0.29, 0.717) is 12.6 Å². The molecule has 1 aromatic carbocycles. The molecule has 6 heteroatoms. The number of hydrogen-bond donors (Lipinski definition) is 1. The molecule has 0 aromatic heterocycles. The summed E-state index contributed by atoms with van der Waals surface area (Å²) in [6.07, 6.45) is 3.25. The molecule has 25 heavy (non-hydrogen) atoms. The van der Waals surface area contributed by atoms with Gasteiger partial charge < -0.3 is 10.1 Å². The quantitative estimate of drug-likeness (QED) is 0.735. The first-order valence-corrected chi connectivity index (χ1v) is 8.92. The predicted octanol–water partition coefficient (Wildman–Crippen LogP) is 2.38. The second-order valence-corrected chi connectivity index (χ2v) is 7.42. The SMILES string of the molecule is COc1ccc(CN(CCCN2C(=O)NC(C)(C)C2=O)C2CC2)cc1. The van der Waals surface area contributed by atoms with Crippen molar-refractivity contribution in [2.24, 2.45) is 0 Å². The van der Waals surface area contributed by atoms with E-state index >= 15 is 0 Å². The number of benzene rings is 1. The molecule has 0 atom stereocenters. The molecule has 6 nitrogen and oxygen atoms in total. The van der Waals surface area contributed by atoms with Gasteiger partial charge in [-0.1, -0.05) is 12.1 Å². The third-order valence-corrected chi connectivity index (χ3v) is 4.88. The van der Waals surface area contributed by atoms with Crippen LogP contribution in [0.2, 0.25) is 0 Å². The van der Waals surface area contributed by atoms with E-state index in [9.17, 15) is 9.59 Å². The second kappa shape index (κ2) is 7.04. The largest absolute Gasteiger partial charge is 0.497 e. The lowest BCUT2D eigenvalue weighted by atomic mass is 10.1. The van der Waals surface area contributed by atoms with Crippen molar-refractivity contribution in [1.29, 1.82) is 0 Å². The van der Waals surface area contributed by atoms with E-state index in [-0.39, 0.29) is 11.9 Å². The van der Waals surface area contributed by atoms with Crippen LogP contribution in [0.3, 0.4) is 0 Å². The molecule has 2 fully saturated rings. The molecule has 1 aromatic rings. The van der Waals surface area contributed by atoms with Crippen LogP contribution in [0.15, 0.2) is 24.3 Å². The minimum absolute atomic E-state index is 0.134. The van der Waals surface area contributed by atoms with Crippen LogP contribution in [0.25, 0.3) is 0 Å². The maximum Gasteiger partial charge on any atom is 0.325 e. The first-order valence-electron chi connectivity index (χ1n) is 8.92. The van der Waals surface area contributed by atoms with E-state index < -0.39 is 5.54 Å². The lowest BCUT2D eigenvalue weighted by Gasteiger charge is -2.23. The Morgan fingerprint density at radius 2 is 1.92 bits per heavy atom. The summed E-state index contributed by atoms with van der Waals surface area (Å²) < 4.78 is 5.20. The molecule has 0 unspecified atom stereocenters. The average Bonchev–Trinajstić information content (AvgIpc) is 3.39. The average molecular weight is 345 g/mol. The van der Waals surface area contributed by atoms with Crippen LogP contribution >= 0.6 is 0 Å². The van der Waals surface area contributed by atoms with Gasteiger partial charge in [0.25, 0.3) is 5.91 Å². The summed E-state index contributed by atoms with van der Waals surface area (Å²) in [5, 5.41) is 2.73. The summed E-state index contributed by atoms with van der Waals surface area (Å²) in [4.78, 5) is 28.0. The summed E-state index contributed by atoms with van der Waals surface area (Å²) in [5.41, 5.74) is 0.472. The number of rotatable bonds is 8. The Labute approximate surface area is 149 Å². The van der Waals surface area contributed by atoms with Crippen LogP contribution in [-0.2, 0) is 11.3 Å². The highest BCUT2D eigenvalue weighted by Crippen LogP contribution is 2.29. The number of carbonyl (C=O) groups is 2. The van der Waals surface area contributed by atoms with Crippen LogP contribution in [0.4, 0.5) is 4.79 Å². The smallest absolute Gasteiger partial charge is 0.325 e. The zero-order chi connectivity index (χ0) is 18.0. The Morgan fingerprint density at radius 3 is 2.44 bits per heavy atom. The molecule has 136 valence electrons. The fraction of sp³-hybridized carbons (Fsp3) is 0.579. The normalized spacial score (nSPS) is 19.4. The van der Waals surface area contributed by atoms with Crippen molar-refractivity contribution < 1.29 is 14.3 Å². The van der Waals surface area contributed by atoms with E-state index in [1.54, 1.807) is 21.0 Å². The molecule has 0 spiro atoms.